The van der Waals surface area contributed by atoms with E-state index in [4.69, 9.17) is 112 Å². The van der Waals surface area contributed by atoms with Gasteiger partial charge in [0.05, 0.1) is 19.1 Å². The molecule has 1 saturated heterocycles. The number of aliphatic hydroxyl groups is 1. The molecule has 0 aliphatic carbocycles. The second-order valence-corrected chi connectivity index (χ2v) is 14.4. The molecule has 1 unspecified atom stereocenters. The second kappa shape index (κ2) is 35.9. The first-order valence-corrected chi connectivity index (χ1v) is 20.6. The number of amides is 1. The minimum Gasteiger partial charge on any atom is -0.466 e. The summed E-state index contributed by atoms with van der Waals surface area (Å²) < 4.78 is 15.3. The van der Waals surface area contributed by atoms with E-state index in [0.717, 1.165) is 37.9 Å². The highest BCUT2D eigenvalue weighted by Gasteiger charge is 2.47. The molecule has 2 aliphatic rings. The molecule has 1 amide bonds. The molecule has 0 saturated carbocycles. The molecule has 0 aromatic heterocycles. The molecule has 2 N–H and O–H groups in total. The summed E-state index contributed by atoms with van der Waals surface area (Å²) in [6.45, 7) is 9.69. The van der Waals surface area contributed by atoms with Crippen LogP contribution < -0.4 is 5.32 Å². The van der Waals surface area contributed by atoms with Crippen LogP contribution in [-0.4, -0.2) is 238 Å². The zero-order chi connectivity index (χ0) is 45.8. The Hall–Kier alpha value is -1.42. The number of hydrogen-bond acceptors (Lipinski definition) is 8. The van der Waals surface area contributed by atoms with Crippen LogP contribution in [0.5, 0.6) is 0 Å². The molecule has 25 radical (unpaired) electrons. The van der Waals surface area contributed by atoms with Gasteiger partial charge in [0.1, 0.15) is 6.61 Å². The number of carbonyl (C=O) groups excluding carboxylic acids is 3. The Kier molecular flexibility index (Phi) is 36.3. The zero-order valence-corrected chi connectivity index (χ0v) is 35.9. The van der Waals surface area contributed by atoms with Crippen LogP contribution in [0.4, 0.5) is 4.79 Å². The van der Waals surface area contributed by atoms with Crippen molar-refractivity contribution in [1.82, 2.24) is 10.2 Å². The van der Waals surface area contributed by atoms with E-state index in [1.54, 1.807) is 18.7 Å². The van der Waals surface area contributed by atoms with Gasteiger partial charge in [0.2, 0.25) is 0 Å². The van der Waals surface area contributed by atoms with E-state index in [0.29, 0.717) is 44.7 Å². The molecule has 0 spiro atoms. The zero-order valence-electron chi connectivity index (χ0n) is 35.9. The maximum absolute atomic E-state index is 12.1. The molecule has 2 aliphatic heterocycles. The number of hydrogen-bond donors (Lipinski definition) is 2. The highest BCUT2D eigenvalue weighted by atomic mass is 16.6. The molecule has 1 atom stereocenters. The molecule has 2 heterocycles. The summed E-state index contributed by atoms with van der Waals surface area (Å²) in [4.78, 5) is 36.7. The lowest BCUT2D eigenvalue weighted by Gasteiger charge is -2.45. The average molecular weight is 785 g/mol. The number of esters is 2. The Morgan fingerprint density at radius 2 is 1.28 bits per heavy atom. The van der Waals surface area contributed by atoms with E-state index in [1.165, 1.54) is 7.06 Å². The van der Waals surface area contributed by atoms with Crippen LogP contribution in [0.1, 0.15) is 65.9 Å². The van der Waals surface area contributed by atoms with Crippen molar-refractivity contribution < 1.29 is 33.7 Å². The van der Waals surface area contributed by atoms with E-state index in [1.807, 2.05) is 43.3 Å². The van der Waals surface area contributed by atoms with E-state index in [2.05, 4.69) is 5.32 Å². The molecular weight excluding hydrogens is 737 g/mol. The fourth-order valence-electron chi connectivity index (χ4n) is 6.99. The maximum Gasteiger partial charge on any atom is 0.410 e. The Morgan fingerprint density at radius 1 is 0.754 bits per heavy atom. The third-order valence-corrected chi connectivity index (χ3v) is 9.86. The van der Waals surface area contributed by atoms with Gasteiger partial charge < -0.3 is 29.5 Å². The number of ether oxygens (including phenoxy) is 3. The minimum atomic E-state index is -0.925. The number of carbonyl (C=O) groups is 3. The molecular formula is C29H48B23N2O7. The maximum atomic E-state index is 12.1. The Bertz CT molecular complexity index is 1300. The van der Waals surface area contributed by atoms with Gasteiger partial charge >= 0.3 is 18.0 Å². The smallest absolute Gasteiger partial charge is 0.410 e. The number of aliphatic hydroxyl groups excluding tert-OH is 1. The van der Waals surface area contributed by atoms with E-state index in [9.17, 15) is 14.4 Å². The Labute approximate surface area is 390 Å². The predicted molar refractivity (Wildman–Crippen MR) is 281 cm³/mol. The minimum absolute atomic E-state index is 0. The van der Waals surface area contributed by atoms with Gasteiger partial charge in [-0.15, -0.1) is 0 Å². The van der Waals surface area contributed by atoms with E-state index in [-0.39, 0.29) is 44.6 Å². The molecule has 1 aromatic rings. The van der Waals surface area contributed by atoms with Gasteiger partial charge in [-0.3, -0.25) is 4.79 Å². The largest absolute Gasteiger partial charge is 0.466 e. The summed E-state index contributed by atoms with van der Waals surface area (Å²) >= 11 is 0. The number of nitrogens with one attached hydrogen (secondary N) is 1. The Balaban J connectivity index is 0. The van der Waals surface area contributed by atoms with Gasteiger partial charge in [-0.1, -0.05) is 43.8 Å². The molecule has 0 bridgehead atoms. The summed E-state index contributed by atoms with van der Waals surface area (Å²) in [7, 11) is 71.4. The molecule has 9 nitrogen and oxygen atoms in total. The quantitative estimate of drug-likeness (QED) is 0.0986. The van der Waals surface area contributed by atoms with Crippen molar-refractivity contribution in [1.29, 1.82) is 0 Å². The number of benzene rings is 1. The van der Waals surface area contributed by atoms with Crippen molar-refractivity contribution in [2.24, 2.45) is 5.92 Å². The lowest BCUT2D eigenvalue weighted by Crippen LogP contribution is -2.83. The average Bonchev–Trinajstić information content (AvgIpc) is 3.62. The Morgan fingerprint density at radius 3 is 1.75 bits per heavy atom. The van der Waals surface area contributed by atoms with Gasteiger partial charge in [-0.25, -0.2) is 9.59 Å². The van der Waals surface area contributed by atoms with E-state index >= 15 is 0 Å². The van der Waals surface area contributed by atoms with Crippen LogP contribution in [0.3, 0.4) is 0 Å². The number of nitrogens with zero attached hydrogens (tertiary/aromatic N) is 1. The van der Waals surface area contributed by atoms with Crippen LogP contribution in [0.25, 0.3) is 0 Å². The van der Waals surface area contributed by atoms with Crippen molar-refractivity contribution in [2.75, 3.05) is 46.0 Å². The SMILES string of the molecule is C.CCO.CCOC(=O)C1=CCCN(C(=O)OCc2ccccc2)CC1.CCOC(=O)C1CCCNCC1.[B][B]B([B])B(B([B])[B])B(B(B([B])[B])B([B])[B])B(B([B])[B])B([B])[B]. The van der Waals surface area contributed by atoms with Gasteiger partial charge in [0.25, 0.3) is 0 Å². The molecule has 1 fully saturated rings. The van der Waals surface area contributed by atoms with Gasteiger partial charge in [0.15, 0.2) is 0 Å². The third-order valence-electron chi connectivity index (χ3n) is 9.86. The molecule has 285 valence electrons. The molecule has 3 rings (SSSR count). The topological polar surface area (TPSA) is 114 Å². The van der Waals surface area contributed by atoms with Crippen molar-refractivity contribution in [2.45, 2.75) is 66.9 Å². The van der Waals surface area contributed by atoms with Crippen LogP contribution in [0, 0.1) is 5.92 Å². The second-order valence-electron chi connectivity index (χ2n) is 14.4. The third kappa shape index (κ3) is 24.5. The van der Waals surface area contributed by atoms with Gasteiger partial charge in [0, 0.05) is 189 Å². The molecule has 1 aromatic carbocycles. The normalized spacial score (nSPS) is 13.9. The molecule has 61 heavy (non-hydrogen) atoms. The van der Waals surface area contributed by atoms with Gasteiger partial charge in [-0.05, 0) is 71.5 Å². The first-order chi connectivity index (χ1) is 28.4. The lowest BCUT2D eigenvalue weighted by atomic mass is 8.36. The highest BCUT2D eigenvalue weighted by Crippen LogP contribution is 2.16. The summed E-state index contributed by atoms with van der Waals surface area (Å²) in [5.41, 5.74) is 1.59. The summed E-state index contributed by atoms with van der Waals surface area (Å²) in [5.74, 6) is -0.164. The van der Waals surface area contributed by atoms with Crippen molar-refractivity contribution in [3.63, 3.8) is 0 Å². The van der Waals surface area contributed by atoms with Crippen LogP contribution in [-0.2, 0) is 30.4 Å². The van der Waals surface area contributed by atoms with Crippen LogP contribution >= 0.6 is 0 Å². The predicted octanol–water partition coefficient (Wildman–Crippen LogP) is -4.28. The monoisotopic (exact) mass is 790 g/mol. The summed E-state index contributed by atoms with van der Waals surface area (Å²) in [6.07, 6.45) is -2.39. The first kappa shape index (κ1) is 61.7. The standard InChI is InChI=1S/C17H21NO4.C9H17NO2.C2H6O.CH4.B23/c1-2-21-16(19)15-9-6-11-18(12-10-15)17(20)22-13-14-7-4-3-5-8-14;1-2-12-9(11)8-4-3-6-10-7-5-8;1-2-3;;1-13-19(12)22(18(10)11)23(20(14(2)3)15(4)5)21(16(6)7)17(8)9/h3-5,7-9H,2,6,10-13H2,1H3;8,10H,2-7H2,1H3;3H,2H2,1H3;1H4;. The van der Waals surface area contributed by atoms with Gasteiger partial charge in [-0.2, -0.15) is 0 Å². The van der Waals surface area contributed by atoms with Crippen LogP contribution in [0.2, 0.25) is 0 Å². The van der Waals surface area contributed by atoms with E-state index < -0.39 is 63.9 Å². The lowest BCUT2D eigenvalue weighted by molar-refractivity contribution is -0.148. The first-order valence-electron chi connectivity index (χ1n) is 20.6. The van der Waals surface area contributed by atoms with Crippen molar-refractivity contribution in [3.05, 3.63) is 47.5 Å². The summed E-state index contributed by atoms with van der Waals surface area (Å²) in [6, 6.07) is 9.56. The fraction of sp³-hybridized carbons (Fsp3) is 0.621. The van der Waals surface area contributed by atoms with Crippen LogP contribution in [0.15, 0.2) is 42.0 Å². The highest BCUT2D eigenvalue weighted by molar-refractivity contribution is 8.22. The molecule has 32 heteroatoms. The summed E-state index contributed by atoms with van der Waals surface area (Å²) in [5, 5.41) is 10.8. The number of rotatable bonds is 16. The van der Waals surface area contributed by atoms with Crippen molar-refractivity contribution in [3.8, 4) is 0 Å². The fourth-order valence-corrected chi connectivity index (χ4v) is 6.99. The van der Waals surface area contributed by atoms with Crippen molar-refractivity contribution >= 4 is 182 Å².